The molecular weight excluding hydrogens is 356 g/mol. The van der Waals surface area contributed by atoms with E-state index in [9.17, 15) is 4.79 Å². The molecule has 1 N–H and O–H groups in total. The number of anilines is 1. The molecule has 6 nitrogen and oxygen atoms in total. The molecule has 2 aromatic carbocycles. The Bertz CT molecular complexity index is 897. The lowest BCUT2D eigenvalue weighted by atomic mass is 9.97. The molecule has 0 radical (unpaired) electrons. The summed E-state index contributed by atoms with van der Waals surface area (Å²) in [7, 11) is 1.43. The van der Waals surface area contributed by atoms with Crippen LogP contribution in [0.25, 0.3) is 11.1 Å². The van der Waals surface area contributed by atoms with Gasteiger partial charge in [-0.2, -0.15) is 0 Å². The van der Waals surface area contributed by atoms with Gasteiger partial charge in [-0.15, -0.1) is 0 Å². The van der Waals surface area contributed by atoms with E-state index in [-0.39, 0.29) is 5.97 Å². The molecule has 2 atom stereocenters. The molecule has 2 fully saturated rings. The van der Waals surface area contributed by atoms with Crippen molar-refractivity contribution in [3.8, 4) is 16.9 Å². The highest BCUT2D eigenvalue weighted by atomic mass is 16.5. The van der Waals surface area contributed by atoms with Crippen LogP contribution in [0.4, 0.5) is 5.69 Å². The number of fused-ring (bicyclic) bond motifs is 3. The Balaban J connectivity index is 1.63. The molecule has 0 spiro atoms. The van der Waals surface area contributed by atoms with Crippen LogP contribution in [0.5, 0.6) is 5.75 Å². The fourth-order valence-electron chi connectivity index (χ4n) is 4.65. The number of hydrogen-bond acceptors (Lipinski definition) is 6. The lowest BCUT2D eigenvalue weighted by Gasteiger charge is -2.37. The van der Waals surface area contributed by atoms with E-state index < -0.39 is 0 Å². The smallest absolute Gasteiger partial charge is 0.339 e. The van der Waals surface area contributed by atoms with Crippen molar-refractivity contribution in [3.05, 3.63) is 47.5 Å². The highest BCUT2D eigenvalue weighted by Crippen LogP contribution is 2.41. The van der Waals surface area contributed by atoms with Crippen LogP contribution in [0.1, 0.15) is 28.8 Å². The van der Waals surface area contributed by atoms with Crippen LogP contribution in [-0.2, 0) is 16.0 Å². The lowest BCUT2D eigenvalue weighted by Crippen LogP contribution is -2.46. The molecule has 0 aliphatic carbocycles. The Labute approximate surface area is 164 Å². The predicted molar refractivity (Wildman–Crippen MR) is 106 cm³/mol. The molecule has 0 amide bonds. The number of morpholine rings is 1. The summed E-state index contributed by atoms with van der Waals surface area (Å²) >= 11 is 0. The van der Waals surface area contributed by atoms with E-state index in [4.69, 9.17) is 14.2 Å². The van der Waals surface area contributed by atoms with Crippen molar-refractivity contribution in [2.75, 3.05) is 32.0 Å². The molecule has 0 aromatic heterocycles. The summed E-state index contributed by atoms with van der Waals surface area (Å²) in [5.74, 6) is 0.617. The van der Waals surface area contributed by atoms with E-state index in [0.29, 0.717) is 37.6 Å². The van der Waals surface area contributed by atoms with Gasteiger partial charge in [-0.25, -0.2) is 4.79 Å². The monoisotopic (exact) mass is 380 g/mol. The number of ether oxygens (including phenoxy) is 3. The Hall–Kier alpha value is -2.57. The number of benzene rings is 2. The highest BCUT2D eigenvalue weighted by molar-refractivity contribution is 5.97. The Morgan fingerprint density at radius 3 is 2.79 bits per heavy atom. The number of methoxy groups -OCH3 is 1. The normalized spacial score (nSPS) is 23.1. The number of rotatable bonds is 3. The molecule has 6 heteroatoms. The molecule has 3 aliphatic rings. The molecule has 2 saturated heterocycles. The average molecular weight is 380 g/mol. The van der Waals surface area contributed by atoms with E-state index in [2.05, 4.69) is 34.5 Å². The van der Waals surface area contributed by atoms with Crippen molar-refractivity contribution in [2.24, 2.45) is 0 Å². The minimum atomic E-state index is -0.303. The quantitative estimate of drug-likeness (QED) is 0.827. The topological polar surface area (TPSA) is 60.0 Å². The number of nitrogens with zero attached hydrogens (tertiary/aromatic N) is 1. The van der Waals surface area contributed by atoms with E-state index in [1.165, 1.54) is 7.11 Å². The van der Waals surface area contributed by atoms with Gasteiger partial charge < -0.3 is 19.1 Å². The summed E-state index contributed by atoms with van der Waals surface area (Å²) in [6.07, 6.45) is 2.18. The Morgan fingerprint density at radius 1 is 1.18 bits per heavy atom. The highest BCUT2D eigenvalue weighted by Gasteiger charge is 2.39. The second-order valence-electron chi connectivity index (χ2n) is 7.56. The third-order valence-electron chi connectivity index (χ3n) is 5.96. The minimum absolute atomic E-state index is 0.303. The van der Waals surface area contributed by atoms with Crippen molar-refractivity contribution in [1.29, 1.82) is 0 Å². The zero-order chi connectivity index (χ0) is 19.1. The lowest BCUT2D eigenvalue weighted by molar-refractivity contribution is 0.0598. The maximum Gasteiger partial charge on any atom is 0.339 e. The molecular formula is C22H24N2O4. The molecule has 146 valence electrons. The first-order chi connectivity index (χ1) is 13.8. The second kappa shape index (κ2) is 7.11. The number of carbonyl (C=O) groups excluding carboxylic acids is 1. The fraction of sp³-hybridized carbons (Fsp3) is 0.409. The standard InChI is InChI=1S/C22H24N2O4/c1-26-22(25)19-8-5-14(18-4-2-3-15-10-23-13-28-21(15)18)9-20(19)24-16-6-7-17(24)12-27-11-16/h2-5,8-9,16-17,23H,6-7,10-13H2,1H3. The largest absolute Gasteiger partial charge is 0.477 e. The maximum absolute atomic E-state index is 12.5. The van der Waals surface area contributed by atoms with Gasteiger partial charge in [0.1, 0.15) is 12.5 Å². The van der Waals surface area contributed by atoms with Crippen molar-refractivity contribution < 1.29 is 19.0 Å². The van der Waals surface area contributed by atoms with Gasteiger partial charge in [-0.05, 0) is 30.5 Å². The number of nitrogens with one attached hydrogen (secondary N) is 1. The van der Waals surface area contributed by atoms with Crippen molar-refractivity contribution >= 4 is 11.7 Å². The molecule has 2 bridgehead atoms. The van der Waals surface area contributed by atoms with Crippen molar-refractivity contribution in [1.82, 2.24) is 5.32 Å². The number of carbonyl (C=O) groups is 1. The Kier molecular flexibility index (Phi) is 4.45. The molecule has 3 heterocycles. The van der Waals surface area contributed by atoms with Crippen LogP contribution in [0.15, 0.2) is 36.4 Å². The Morgan fingerprint density at radius 2 is 2.00 bits per heavy atom. The first kappa shape index (κ1) is 17.5. The van der Waals surface area contributed by atoms with Gasteiger partial charge >= 0.3 is 5.97 Å². The summed E-state index contributed by atoms with van der Waals surface area (Å²) in [4.78, 5) is 14.9. The van der Waals surface area contributed by atoms with Crippen LogP contribution >= 0.6 is 0 Å². The van der Waals surface area contributed by atoms with Crippen LogP contribution < -0.4 is 15.0 Å². The van der Waals surface area contributed by atoms with Gasteiger partial charge in [0.2, 0.25) is 0 Å². The minimum Gasteiger partial charge on any atom is -0.477 e. The number of para-hydroxylation sites is 1. The van der Waals surface area contributed by atoms with E-state index in [1.807, 2.05) is 12.1 Å². The summed E-state index contributed by atoms with van der Waals surface area (Å²) in [5.41, 5.74) is 4.79. The summed E-state index contributed by atoms with van der Waals surface area (Å²) < 4.78 is 16.7. The number of esters is 1. The summed E-state index contributed by atoms with van der Waals surface area (Å²) in [5, 5.41) is 3.23. The third-order valence-corrected chi connectivity index (χ3v) is 5.96. The SMILES string of the molecule is COC(=O)c1ccc(-c2cccc3c2OCNC3)cc1N1C2CCC1COC2. The molecule has 5 rings (SSSR count). The fourth-order valence-corrected chi connectivity index (χ4v) is 4.65. The van der Waals surface area contributed by atoms with E-state index in [0.717, 1.165) is 47.5 Å². The zero-order valence-electron chi connectivity index (χ0n) is 15.9. The summed E-state index contributed by atoms with van der Waals surface area (Å²) in [6, 6.07) is 12.8. The van der Waals surface area contributed by atoms with Gasteiger partial charge in [0, 0.05) is 17.7 Å². The van der Waals surface area contributed by atoms with E-state index in [1.54, 1.807) is 0 Å². The first-order valence-electron chi connectivity index (χ1n) is 9.80. The van der Waals surface area contributed by atoms with Gasteiger partial charge in [0.25, 0.3) is 0 Å². The average Bonchev–Trinajstić information content (AvgIpc) is 3.00. The van der Waals surface area contributed by atoms with Crippen LogP contribution in [0.3, 0.4) is 0 Å². The van der Waals surface area contributed by atoms with Gasteiger partial charge in [0.05, 0.1) is 43.7 Å². The van der Waals surface area contributed by atoms with Gasteiger partial charge in [-0.1, -0.05) is 24.3 Å². The predicted octanol–water partition coefficient (Wildman–Crippen LogP) is 2.95. The molecule has 2 aromatic rings. The van der Waals surface area contributed by atoms with Gasteiger partial charge in [0.15, 0.2) is 0 Å². The van der Waals surface area contributed by atoms with Gasteiger partial charge in [-0.3, -0.25) is 5.32 Å². The zero-order valence-corrected chi connectivity index (χ0v) is 15.9. The van der Waals surface area contributed by atoms with Crippen LogP contribution in [-0.4, -0.2) is 45.1 Å². The molecule has 2 unspecified atom stereocenters. The number of hydrogen-bond donors (Lipinski definition) is 1. The second-order valence-corrected chi connectivity index (χ2v) is 7.56. The maximum atomic E-state index is 12.5. The summed E-state index contributed by atoms with van der Waals surface area (Å²) in [6.45, 7) is 2.71. The van der Waals surface area contributed by atoms with Crippen molar-refractivity contribution in [2.45, 2.75) is 31.5 Å². The van der Waals surface area contributed by atoms with E-state index >= 15 is 0 Å². The van der Waals surface area contributed by atoms with Crippen molar-refractivity contribution in [3.63, 3.8) is 0 Å². The molecule has 3 aliphatic heterocycles. The third kappa shape index (κ3) is 2.84. The van der Waals surface area contributed by atoms with Crippen LogP contribution in [0.2, 0.25) is 0 Å². The molecule has 0 saturated carbocycles. The van der Waals surface area contributed by atoms with Crippen LogP contribution in [0, 0.1) is 0 Å². The first-order valence-corrected chi connectivity index (χ1v) is 9.80. The molecule has 28 heavy (non-hydrogen) atoms.